The van der Waals surface area contributed by atoms with Crippen LogP contribution in [0.5, 0.6) is 0 Å². The average Bonchev–Trinajstić information content (AvgIpc) is 1.88. The third kappa shape index (κ3) is 2.02. The van der Waals surface area contributed by atoms with Crippen LogP contribution in [0.4, 0.5) is 0 Å². The number of rotatable bonds is 2. The smallest absolute Gasteiger partial charge is 0.358 e. The monoisotopic (exact) mass is 147 g/mol. The van der Waals surface area contributed by atoms with Gasteiger partial charge in [-0.3, -0.25) is 0 Å². The second-order valence-corrected chi connectivity index (χ2v) is 1.65. The zero-order valence-corrected chi connectivity index (χ0v) is 5.74. The van der Waals surface area contributed by atoms with Gasteiger partial charge in [0.15, 0.2) is 5.71 Å². The van der Waals surface area contributed by atoms with E-state index in [2.05, 4.69) is 9.89 Å². The summed E-state index contributed by atoms with van der Waals surface area (Å²) in [6.07, 6.45) is -1.11. The number of ether oxygens (including phenoxy) is 1. The maximum absolute atomic E-state index is 10.5. The van der Waals surface area contributed by atoms with Gasteiger partial charge in [-0.15, -0.1) is 0 Å². The number of hydrogen-bond donors (Lipinski definition) is 2. The summed E-state index contributed by atoms with van der Waals surface area (Å²) in [5, 5.41) is 19.4. The van der Waals surface area contributed by atoms with Crippen LogP contribution < -0.4 is 0 Å². The third-order valence-electron chi connectivity index (χ3n) is 0.898. The van der Waals surface area contributed by atoms with Gasteiger partial charge < -0.3 is 15.1 Å². The fraction of sp³-hybridized carbons (Fsp3) is 0.600. The van der Waals surface area contributed by atoms with Crippen molar-refractivity contribution in [1.82, 2.24) is 0 Å². The van der Waals surface area contributed by atoms with Crippen LogP contribution in [0.2, 0.25) is 0 Å². The lowest BCUT2D eigenvalue weighted by Gasteiger charge is -2.02. The molecule has 1 unspecified atom stereocenters. The number of methoxy groups -OCH3 is 1. The second kappa shape index (κ2) is 3.84. The number of aliphatic hydroxyl groups is 1. The van der Waals surface area contributed by atoms with Crippen molar-refractivity contribution in [1.29, 1.82) is 0 Å². The first-order valence-electron chi connectivity index (χ1n) is 2.61. The Hall–Kier alpha value is -1.10. The van der Waals surface area contributed by atoms with E-state index >= 15 is 0 Å². The average molecular weight is 147 g/mol. The number of carbonyl (C=O) groups excluding carboxylic acids is 1. The second-order valence-electron chi connectivity index (χ2n) is 1.65. The summed E-state index contributed by atoms with van der Waals surface area (Å²) in [5.41, 5.74) is -0.400. The van der Waals surface area contributed by atoms with E-state index < -0.39 is 17.8 Å². The highest BCUT2D eigenvalue weighted by Gasteiger charge is 2.17. The van der Waals surface area contributed by atoms with E-state index in [4.69, 9.17) is 10.3 Å². The number of nitrogens with zero attached hydrogens (tertiary/aromatic N) is 1. The van der Waals surface area contributed by atoms with Crippen molar-refractivity contribution in [3.8, 4) is 0 Å². The molecule has 0 aromatic heterocycles. The SMILES string of the molecule is COC(=O)/C(=N\O)C(C)O. The van der Waals surface area contributed by atoms with Gasteiger partial charge in [-0.2, -0.15) is 0 Å². The summed E-state index contributed by atoms with van der Waals surface area (Å²) in [6.45, 7) is 1.30. The van der Waals surface area contributed by atoms with E-state index in [9.17, 15) is 4.79 Å². The molecular formula is C5H9NO4. The van der Waals surface area contributed by atoms with Crippen molar-refractivity contribution in [2.75, 3.05) is 7.11 Å². The maximum Gasteiger partial charge on any atom is 0.358 e. The van der Waals surface area contributed by atoms with Gasteiger partial charge in [0.05, 0.1) is 7.11 Å². The minimum absolute atomic E-state index is 0.400. The van der Waals surface area contributed by atoms with Crippen LogP contribution >= 0.6 is 0 Å². The van der Waals surface area contributed by atoms with Crippen molar-refractivity contribution in [3.05, 3.63) is 0 Å². The summed E-state index contributed by atoms with van der Waals surface area (Å²) < 4.78 is 4.17. The van der Waals surface area contributed by atoms with Crippen LogP contribution in [-0.2, 0) is 9.53 Å². The van der Waals surface area contributed by atoms with Crippen LogP contribution in [0.1, 0.15) is 6.92 Å². The van der Waals surface area contributed by atoms with E-state index in [-0.39, 0.29) is 0 Å². The lowest BCUT2D eigenvalue weighted by Crippen LogP contribution is -2.27. The van der Waals surface area contributed by atoms with E-state index in [0.29, 0.717) is 0 Å². The van der Waals surface area contributed by atoms with Gasteiger partial charge >= 0.3 is 5.97 Å². The molecule has 0 fully saturated rings. The van der Waals surface area contributed by atoms with Gasteiger partial charge in [-0.05, 0) is 6.92 Å². The standard InChI is InChI=1S/C5H9NO4/c1-3(7)4(6-9)5(8)10-2/h3,7,9H,1-2H3/b6-4-. The molecule has 0 bridgehead atoms. The van der Waals surface area contributed by atoms with Gasteiger partial charge in [-0.25, -0.2) is 4.79 Å². The van der Waals surface area contributed by atoms with Crippen molar-refractivity contribution >= 4 is 11.7 Å². The van der Waals surface area contributed by atoms with Crippen molar-refractivity contribution in [2.24, 2.45) is 5.16 Å². The molecule has 1 atom stereocenters. The highest BCUT2D eigenvalue weighted by atomic mass is 16.5. The Morgan fingerprint density at radius 1 is 1.70 bits per heavy atom. The van der Waals surface area contributed by atoms with Crippen LogP contribution in [0.15, 0.2) is 5.16 Å². The Balaban J connectivity index is 4.24. The molecule has 5 nitrogen and oxygen atoms in total. The van der Waals surface area contributed by atoms with Crippen LogP contribution in [-0.4, -0.2) is 35.2 Å². The minimum atomic E-state index is -1.11. The quantitative estimate of drug-likeness (QED) is 0.236. The van der Waals surface area contributed by atoms with Gasteiger partial charge in [0.1, 0.15) is 6.10 Å². The van der Waals surface area contributed by atoms with E-state index in [1.165, 1.54) is 6.92 Å². The molecule has 0 saturated carbocycles. The molecule has 0 heterocycles. The highest BCUT2D eigenvalue weighted by molar-refractivity contribution is 6.37. The highest BCUT2D eigenvalue weighted by Crippen LogP contribution is 1.89. The topological polar surface area (TPSA) is 79.1 Å². The summed E-state index contributed by atoms with van der Waals surface area (Å²) in [7, 11) is 1.13. The third-order valence-corrected chi connectivity index (χ3v) is 0.898. The number of oxime groups is 1. The largest absolute Gasteiger partial charge is 0.464 e. The Morgan fingerprint density at radius 3 is 2.30 bits per heavy atom. The summed E-state index contributed by atoms with van der Waals surface area (Å²) in [5.74, 6) is -0.836. The molecule has 2 N–H and O–H groups in total. The number of carbonyl (C=O) groups is 1. The normalized spacial score (nSPS) is 14.5. The molecule has 10 heavy (non-hydrogen) atoms. The molecule has 5 heteroatoms. The van der Waals surface area contributed by atoms with Gasteiger partial charge in [-0.1, -0.05) is 5.16 Å². The minimum Gasteiger partial charge on any atom is -0.464 e. The lowest BCUT2D eigenvalue weighted by atomic mass is 10.2. The lowest BCUT2D eigenvalue weighted by molar-refractivity contribution is -0.133. The van der Waals surface area contributed by atoms with Crippen LogP contribution in [0, 0.1) is 0 Å². The molecule has 0 aliphatic rings. The molecule has 0 aliphatic heterocycles. The Morgan fingerprint density at radius 2 is 2.20 bits per heavy atom. The zero-order chi connectivity index (χ0) is 8.15. The zero-order valence-electron chi connectivity index (χ0n) is 5.74. The first kappa shape index (κ1) is 8.90. The van der Waals surface area contributed by atoms with Crippen LogP contribution in [0.3, 0.4) is 0 Å². The first-order chi connectivity index (χ1) is 4.63. The summed E-state index contributed by atoms with van der Waals surface area (Å²) in [4.78, 5) is 10.5. The molecule has 0 aliphatic carbocycles. The molecule has 58 valence electrons. The van der Waals surface area contributed by atoms with E-state index in [1.807, 2.05) is 0 Å². The molecular weight excluding hydrogens is 138 g/mol. The van der Waals surface area contributed by atoms with Crippen molar-refractivity contribution < 1.29 is 19.8 Å². The predicted molar refractivity (Wildman–Crippen MR) is 32.9 cm³/mol. The molecule has 0 aromatic carbocycles. The predicted octanol–water partition coefficient (Wildman–Crippen LogP) is -0.630. The van der Waals surface area contributed by atoms with Crippen molar-refractivity contribution in [2.45, 2.75) is 13.0 Å². The molecule has 0 saturated heterocycles. The first-order valence-corrected chi connectivity index (χ1v) is 2.61. The van der Waals surface area contributed by atoms with Gasteiger partial charge in [0.2, 0.25) is 0 Å². The summed E-state index contributed by atoms with van der Waals surface area (Å²) in [6, 6.07) is 0. The van der Waals surface area contributed by atoms with Crippen molar-refractivity contribution in [3.63, 3.8) is 0 Å². The fourth-order valence-electron chi connectivity index (χ4n) is 0.400. The number of esters is 1. The Kier molecular flexibility index (Phi) is 3.42. The molecule has 0 radical (unpaired) electrons. The molecule has 0 amide bonds. The molecule has 0 spiro atoms. The summed E-state index contributed by atoms with van der Waals surface area (Å²) >= 11 is 0. The maximum atomic E-state index is 10.5. The van der Waals surface area contributed by atoms with E-state index in [0.717, 1.165) is 7.11 Å². The number of hydrogen-bond acceptors (Lipinski definition) is 5. The van der Waals surface area contributed by atoms with E-state index in [1.54, 1.807) is 0 Å². The molecule has 0 aromatic rings. The Bertz CT molecular complexity index is 152. The van der Waals surface area contributed by atoms with Crippen LogP contribution in [0.25, 0.3) is 0 Å². The Labute approximate surface area is 57.9 Å². The van der Waals surface area contributed by atoms with Gasteiger partial charge in [0, 0.05) is 0 Å². The fourth-order valence-corrected chi connectivity index (χ4v) is 0.400. The number of aliphatic hydroxyl groups excluding tert-OH is 1. The van der Waals surface area contributed by atoms with Gasteiger partial charge in [0.25, 0.3) is 0 Å². The molecule has 0 rings (SSSR count).